The molecule has 1 atom stereocenters. The highest BCUT2D eigenvalue weighted by molar-refractivity contribution is 9.10. The molecule has 0 saturated carbocycles. The van der Waals surface area contributed by atoms with Crippen LogP contribution >= 0.6 is 27.3 Å². The van der Waals surface area contributed by atoms with Crippen LogP contribution in [0.3, 0.4) is 0 Å². The highest BCUT2D eigenvalue weighted by Gasteiger charge is 2.16. The van der Waals surface area contributed by atoms with Gasteiger partial charge in [0, 0.05) is 34.7 Å². The Bertz CT molecular complexity index is 737. The largest absolute Gasteiger partial charge is 0.436 e. The monoisotopic (exact) mass is 352 g/mol. The summed E-state index contributed by atoms with van der Waals surface area (Å²) in [6, 6.07) is 1.90. The molecule has 5 nitrogen and oxygen atoms in total. The van der Waals surface area contributed by atoms with E-state index in [-0.39, 0.29) is 6.04 Å². The Morgan fingerprint density at radius 3 is 3.10 bits per heavy atom. The molecule has 20 heavy (non-hydrogen) atoms. The molecule has 0 fully saturated rings. The fourth-order valence-electron chi connectivity index (χ4n) is 1.94. The van der Waals surface area contributed by atoms with E-state index in [9.17, 15) is 0 Å². The second-order valence-corrected chi connectivity index (χ2v) is 6.33. The number of hydrogen-bond acceptors (Lipinski definition) is 5. The lowest BCUT2D eigenvalue weighted by atomic mass is 10.2. The summed E-state index contributed by atoms with van der Waals surface area (Å²) in [4.78, 5) is 9.50. The van der Waals surface area contributed by atoms with Crippen molar-refractivity contribution in [1.82, 2.24) is 14.4 Å². The van der Waals surface area contributed by atoms with Gasteiger partial charge in [0.1, 0.15) is 5.75 Å². The van der Waals surface area contributed by atoms with Gasteiger partial charge in [0.15, 0.2) is 4.96 Å². The molecule has 104 valence electrons. The van der Waals surface area contributed by atoms with Gasteiger partial charge < -0.3 is 10.5 Å². The van der Waals surface area contributed by atoms with Gasteiger partial charge in [-0.05, 0) is 28.9 Å². The van der Waals surface area contributed by atoms with Crippen molar-refractivity contribution >= 4 is 32.2 Å². The van der Waals surface area contributed by atoms with Crippen LogP contribution in [0.2, 0.25) is 0 Å². The average molecular weight is 353 g/mol. The average Bonchev–Trinajstić information content (AvgIpc) is 2.93. The standard InChI is InChI=1S/C13H13BrN4OS/c1-8(15)4-11-12(17-13-18(11)2-3-20-13)19-10-5-9(14)6-16-7-10/h2-3,5-8H,4,15H2,1H3. The topological polar surface area (TPSA) is 65.4 Å². The van der Waals surface area contributed by atoms with E-state index >= 15 is 0 Å². The zero-order valence-corrected chi connectivity index (χ0v) is 13.2. The van der Waals surface area contributed by atoms with Crippen LogP contribution in [0.25, 0.3) is 4.96 Å². The molecule has 0 saturated heterocycles. The number of nitrogens with zero attached hydrogens (tertiary/aromatic N) is 3. The number of nitrogens with two attached hydrogens (primary N) is 1. The van der Waals surface area contributed by atoms with Crippen LogP contribution < -0.4 is 10.5 Å². The summed E-state index contributed by atoms with van der Waals surface area (Å²) in [5.41, 5.74) is 6.90. The summed E-state index contributed by atoms with van der Waals surface area (Å²) in [6.45, 7) is 1.97. The van der Waals surface area contributed by atoms with Crippen molar-refractivity contribution in [3.05, 3.63) is 40.2 Å². The molecule has 0 aliphatic rings. The zero-order chi connectivity index (χ0) is 14.1. The predicted molar refractivity (Wildman–Crippen MR) is 82.4 cm³/mol. The Hall–Kier alpha value is -1.44. The Morgan fingerprint density at radius 1 is 1.50 bits per heavy atom. The second-order valence-electron chi connectivity index (χ2n) is 4.54. The molecule has 2 N–H and O–H groups in total. The van der Waals surface area contributed by atoms with Crippen LogP contribution in [-0.2, 0) is 6.42 Å². The van der Waals surface area contributed by atoms with Crippen LogP contribution in [0.1, 0.15) is 12.6 Å². The molecule has 1 unspecified atom stereocenters. The van der Waals surface area contributed by atoms with Gasteiger partial charge in [-0.25, -0.2) is 0 Å². The quantitative estimate of drug-likeness (QED) is 0.782. The van der Waals surface area contributed by atoms with E-state index < -0.39 is 0 Å². The normalized spacial score (nSPS) is 12.8. The summed E-state index contributed by atoms with van der Waals surface area (Å²) >= 11 is 4.94. The maximum absolute atomic E-state index is 5.92. The summed E-state index contributed by atoms with van der Waals surface area (Å²) in [7, 11) is 0. The molecule has 0 spiro atoms. The van der Waals surface area contributed by atoms with Gasteiger partial charge in [0.05, 0.1) is 11.9 Å². The van der Waals surface area contributed by atoms with E-state index in [0.29, 0.717) is 18.1 Å². The summed E-state index contributed by atoms with van der Waals surface area (Å²) < 4.78 is 8.75. The first-order chi connectivity index (χ1) is 9.63. The molecule has 0 aliphatic heterocycles. The number of fused-ring (bicyclic) bond motifs is 1. The number of ether oxygens (including phenoxy) is 1. The maximum atomic E-state index is 5.92. The summed E-state index contributed by atoms with van der Waals surface area (Å²) in [5.74, 6) is 1.24. The smallest absolute Gasteiger partial charge is 0.242 e. The fraction of sp³-hybridized carbons (Fsp3) is 0.231. The Kier molecular flexibility index (Phi) is 3.73. The molecular weight excluding hydrogens is 340 g/mol. The van der Waals surface area contributed by atoms with Crippen LogP contribution in [0.15, 0.2) is 34.5 Å². The summed E-state index contributed by atoms with van der Waals surface area (Å²) in [5, 5.41) is 2.00. The van der Waals surface area contributed by atoms with Gasteiger partial charge in [-0.15, -0.1) is 11.3 Å². The van der Waals surface area contributed by atoms with Gasteiger partial charge in [-0.1, -0.05) is 0 Å². The fourth-order valence-corrected chi connectivity index (χ4v) is 3.01. The molecule has 0 aromatic carbocycles. The van der Waals surface area contributed by atoms with Gasteiger partial charge in [0.2, 0.25) is 5.88 Å². The lowest BCUT2D eigenvalue weighted by Gasteiger charge is -2.08. The second kappa shape index (κ2) is 5.51. The van der Waals surface area contributed by atoms with Crippen molar-refractivity contribution in [2.45, 2.75) is 19.4 Å². The zero-order valence-electron chi connectivity index (χ0n) is 10.8. The van der Waals surface area contributed by atoms with Crippen molar-refractivity contribution in [1.29, 1.82) is 0 Å². The molecule has 0 radical (unpaired) electrons. The molecule has 0 bridgehead atoms. The minimum atomic E-state index is 0.0396. The first-order valence-electron chi connectivity index (χ1n) is 6.12. The maximum Gasteiger partial charge on any atom is 0.242 e. The third-order valence-electron chi connectivity index (χ3n) is 2.73. The Balaban J connectivity index is 1.99. The van der Waals surface area contributed by atoms with Crippen LogP contribution in [0, 0.1) is 0 Å². The Labute approximate surface area is 128 Å². The van der Waals surface area contributed by atoms with Gasteiger partial charge >= 0.3 is 0 Å². The number of pyridine rings is 1. The number of hydrogen-bond donors (Lipinski definition) is 1. The van der Waals surface area contributed by atoms with E-state index in [4.69, 9.17) is 10.5 Å². The van der Waals surface area contributed by atoms with Crippen molar-refractivity contribution < 1.29 is 4.74 Å². The van der Waals surface area contributed by atoms with Crippen LogP contribution in [0.4, 0.5) is 0 Å². The molecule has 0 aliphatic carbocycles. The highest BCUT2D eigenvalue weighted by Crippen LogP contribution is 2.29. The van der Waals surface area contributed by atoms with E-state index in [2.05, 4.69) is 25.9 Å². The minimum Gasteiger partial charge on any atom is -0.436 e. The number of rotatable bonds is 4. The molecule has 3 aromatic rings. The van der Waals surface area contributed by atoms with Crippen molar-refractivity contribution in [2.75, 3.05) is 0 Å². The number of thiazole rings is 1. The summed E-state index contributed by atoms with van der Waals surface area (Å²) in [6.07, 6.45) is 6.06. The lowest BCUT2D eigenvalue weighted by Crippen LogP contribution is -2.19. The van der Waals surface area contributed by atoms with E-state index in [0.717, 1.165) is 15.1 Å². The van der Waals surface area contributed by atoms with Crippen molar-refractivity contribution in [2.24, 2.45) is 5.73 Å². The number of aromatic nitrogens is 3. The Morgan fingerprint density at radius 2 is 2.35 bits per heavy atom. The van der Waals surface area contributed by atoms with Crippen molar-refractivity contribution in [3.63, 3.8) is 0 Å². The van der Waals surface area contributed by atoms with Gasteiger partial charge in [0.25, 0.3) is 0 Å². The molecule has 3 aromatic heterocycles. The molecule has 0 amide bonds. The third kappa shape index (κ3) is 2.70. The van der Waals surface area contributed by atoms with Gasteiger partial charge in [-0.2, -0.15) is 4.98 Å². The van der Waals surface area contributed by atoms with Crippen LogP contribution in [-0.4, -0.2) is 20.4 Å². The lowest BCUT2D eigenvalue weighted by molar-refractivity contribution is 0.454. The first kappa shape index (κ1) is 13.5. The third-order valence-corrected chi connectivity index (χ3v) is 3.92. The first-order valence-corrected chi connectivity index (χ1v) is 7.79. The van der Waals surface area contributed by atoms with E-state index in [1.54, 1.807) is 23.7 Å². The van der Waals surface area contributed by atoms with Crippen molar-refractivity contribution in [3.8, 4) is 11.6 Å². The number of halogens is 1. The van der Waals surface area contributed by atoms with Crippen LogP contribution in [0.5, 0.6) is 11.6 Å². The van der Waals surface area contributed by atoms with E-state index in [1.165, 1.54) is 0 Å². The van der Waals surface area contributed by atoms with Gasteiger partial charge in [-0.3, -0.25) is 9.38 Å². The molecule has 3 heterocycles. The molecule has 7 heteroatoms. The predicted octanol–water partition coefficient (Wildman–Crippen LogP) is 3.24. The van der Waals surface area contributed by atoms with E-state index in [1.807, 2.05) is 29.0 Å². The molecular formula is C13H13BrN4OS. The molecule has 3 rings (SSSR count). The SMILES string of the molecule is CC(N)Cc1c(Oc2cncc(Br)c2)nc2sccn12. The highest BCUT2D eigenvalue weighted by atomic mass is 79.9. The minimum absolute atomic E-state index is 0.0396. The number of imidazole rings is 1.